The number of anilines is 1. The maximum Gasteiger partial charge on any atom is 0.0492 e. The Morgan fingerprint density at radius 3 is 2.48 bits per heavy atom. The third-order valence-corrected chi connectivity index (χ3v) is 4.91. The maximum atomic E-state index is 3.67. The van der Waals surface area contributed by atoms with Gasteiger partial charge in [-0.15, -0.1) is 0 Å². The summed E-state index contributed by atoms with van der Waals surface area (Å²) in [5.74, 6) is 0. The predicted molar refractivity (Wildman–Crippen MR) is 94.9 cm³/mol. The van der Waals surface area contributed by atoms with Crippen molar-refractivity contribution >= 4 is 32.4 Å². The number of rotatable bonds is 3. The molecule has 1 nitrogen and oxygen atoms in total. The minimum atomic E-state index is 0.245. The van der Waals surface area contributed by atoms with E-state index in [0.29, 0.717) is 0 Å². The number of fused-ring (bicyclic) bond motifs is 1. The molecular weight excluding hydrogens is 322 g/mol. The molecule has 0 radical (unpaired) electrons. The van der Waals surface area contributed by atoms with E-state index in [4.69, 9.17) is 0 Å². The van der Waals surface area contributed by atoms with Gasteiger partial charge in [0.1, 0.15) is 0 Å². The molecular formula is C19H18BrN. The summed E-state index contributed by atoms with van der Waals surface area (Å²) in [5, 5.41) is 6.21. The summed E-state index contributed by atoms with van der Waals surface area (Å²) in [6.07, 6.45) is 0. The lowest BCUT2D eigenvalue weighted by molar-refractivity contribution is 0.893. The van der Waals surface area contributed by atoms with Crippen molar-refractivity contribution in [2.45, 2.75) is 19.9 Å². The molecule has 0 heterocycles. The van der Waals surface area contributed by atoms with Crippen LogP contribution in [0.1, 0.15) is 24.1 Å². The number of benzene rings is 3. The zero-order valence-corrected chi connectivity index (χ0v) is 13.8. The summed E-state index contributed by atoms with van der Waals surface area (Å²) in [4.78, 5) is 0. The highest BCUT2D eigenvalue weighted by Gasteiger charge is 2.11. The summed E-state index contributed by atoms with van der Waals surface area (Å²) >= 11 is 3.67. The van der Waals surface area contributed by atoms with Crippen LogP contribution < -0.4 is 5.32 Å². The van der Waals surface area contributed by atoms with E-state index in [2.05, 4.69) is 95.8 Å². The molecule has 1 atom stereocenters. The average molecular weight is 340 g/mol. The molecule has 1 unspecified atom stereocenters. The van der Waals surface area contributed by atoms with Crippen molar-refractivity contribution in [3.63, 3.8) is 0 Å². The Morgan fingerprint density at radius 1 is 0.905 bits per heavy atom. The van der Waals surface area contributed by atoms with Crippen LogP contribution in [0, 0.1) is 6.92 Å². The Balaban J connectivity index is 1.97. The van der Waals surface area contributed by atoms with Gasteiger partial charge in [0, 0.05) is 16.2 Å². The monoisotopic (exact) mass is 339 g/mol. The van der Waals surface area contributed by atoms with Gasteiger partial charge in [0.15, 0.2) is 0 Å². The molecule has 106 valence electrons. The average Bonchev–Trinajstić information content (AvgIpc) is 2.51. The molecule has 21 heavy (non-hydrogen) atoms. The summed E-state index contributed by atoms with van der Waals surface area (Å²) in [5.41, 5.74) is 3.70. The highest BCUT2D eigenvalue weighted by molar-refractivity contribution is 9.10. The number of hydrogen-bond acceptors (Lipinski definition) is 1. The van der Waals surface area contributed by atoms with Gasteiger partial charge in [-0.2, -0.15) is 0 Å². The van der Waals surface area contributed by atoms with E-state index in [-0.39, 0.29) is 6.04 Å². The van der Waals surface area contributed by atoms with Gasteiger partial charge in [-0.05, 0) is 57.7 Å². The minimum absolute atomic E-state index is 0.245. The Labute approximate surface area is 134 Å². The van der Waals surface area contributed by atoms with E-state index >= 15 is 0 Å². The largest absolute Gasteiger partial charge is 0.378 e. The van der Waals surface area contributed by atoms with E-state index in [9.17, 15) is 0 Å². The fraction of sp³-hybridized carbons (Fsp3) is 0.158. The second-order valence-corrected chi connectivity index (χ2v) is 6.16. The Hall–Kier alpha value is -1.80. The maximum absolute atomic E-state index is 3.67. The highest BCUT2D eigenvalue weighted by atomic mass is 79.9. The zero-order chi connectivity index (χ0) is 14.8. The summed E-state index contributed by atoms with van der Waals surface area (Å²) in [6, 6.07) is 21.6. The second kappa shape index (κ2) is 5.90. The SMILES string of the molecule is Cc1cccc(NC(C)c2cccc3ccccc23)c1Br. The van der Waals surface area contributed by atoms with Crippen LogP contribution in [0.3, 0.4) is 0 Å². The normalized spacial score (nSPS) is 12.3. The first kappa shape index (κ1) is 14.2. The molecule has 0 saturated heterocycles. The van der Waals surface area contributed by atoms with Gasteiger partial charge in [0.05, 0.1) is 0 Å². The molecule has 2 heteroatoms. The molecule has 1 N–H and O–H groups in total. The van der Waals surface area contributed by atoms with Crippen molar-refractivity contribution in [3.05, 3.63) is 76.3 Å². The highest BCUT2D eigenvalue weighted by Crippen LogP contribution is 2.31. The van der Waals surface area contributed by atoms with Gasteiger partial charge in [0.25, 0.3) is 0 Å². The molecule has 0 amide bonds. The van der Waals surface area contributed by atoms with Crippen LogP contribution in [0.25, 0.3) is 10.8 Å². The van der Waals surface area contributed by atoms with Crippen molar-refractivity contribution in [2.24, 2.45) is 0 Å². The van der Waals surface area contributed by atoms with Gasteiger partial charge in [-0.3, -0.25) is 0 Å². The number of halogens is 1. The molecule has 0 bridgehead atoms. The fourth-order valence-corrected chi connectivity index (χ4v) is 3.08. The Morgan fingerprint density at radius 2 is 1.62 bits per heavy atom. The smallest absolute Gasteiger partial charge is 0.0492 e. The van der Waals surface area contributed by atoms with E-state index in [1.807, 2.05) is 0 Å². The van der Waals surface area contributed by atoms with Crippen molar-refractivity contribution in [3.8, 4) is 0 Å². The van der Waals surface area contributed by atoms with Crippen LogP contribution in [0.5, 0.6) is 0 Å². The number of nitrogens with one attached hydrogen (secondary N) is 1. The third-order valence-electron chi connectivity index (χ3n) is 3.85. The van der Waals surface area contributed by atoms with Crippen LogP contribution in [0.15, 0.2) is 65.1 Å². The summed E-state index contributed by atoms with van der Waals surface area (Å²) < 4.78 is 1.14. The van der Waals surface area contributed by atoms with E-state index < -0.39 is 0 Å². The molecule has 0 aliphatic carbocycles. The number of hydrogen-bond donors (Lipinski definition) is 1. The van der Waals surface area contributed by atoms with Crippen LogP contribution in [0.4, 0.5) is 5.69 Å². The quantitative estimate of drug-likeness (QED) is 0.609. The van der Waals surface area contributed by atoms with E-state index in [1.165, 1.54) is 21.9 Å². The Kier molecular flexibility index (Phi) is 3.98. The molecule has 3 aromatic carbocycles. The van der Waals surface area contributed by atoms with Crippen molar-refractivity contribution in [1.29, 1.82) is 0 Å². The topological polar surface area (TPSA) is 12.0 Å². The minimum Gasteiger partial charge on any atom is -0.378 e. The first-order valence-corrected chi connectivity index (χ1v) is 7.95. The predicted octanol–water partition coefficient (Wildman–Crippen LogP) is 6.08. The van der Waals surface area contributed by atoms with Gasteiger partial charge in [-0.25, -0.2) is 0 Å². The standard InChI is InChI=1S/C19H18BrN/c1-13-7-5-12-18(19(13)20)21-14(2)16-11-6-9-15-8-3-4-10-17(15)16/h3-12,14,21H,1-2H3. The Bertz CT molecular complexity index is 774. The zero-order valence-electron chi connectivity index (χ0n) is 12.2. The van der Waals surface area contributed by atoms with Crippen LogP contribution in [-0.2, 0) is 0 Å². The molecule has 3 rings (SSSR count). The summed E-state index contributed by atoms with van der Waals surface area (Å²) in [7, 11) is 0. The van der Waals surface area contributed by atoms with Crippen molar-refractivity contribution in [2.75, 3.05) is 5.32 Å². The van der Waals surface area contributed by atoms with Crippen LogP contribution >= 0.6 is 15.9 Å². The van der Waals surface area contributed by atoms with E-state index in [1.54, 1.807) is 0 Å². The molecule has 0 fully saturated rings. The van der Waals surface area contributed by atoms with E-state index in [0.717, 1.165) is 10.2 Å². The van der Waals surface area contributed by atoms with Crippen molar-refractivity contribution in [1.82, 2.24) is 0 Å². The lowest BCUT2D eigenvalue weighted by Gasteiger charge is -2.19. The molecule has 0 aliphatic heterocycles. The molecule has 0 spiro atoms. The first-order valence-electron chi connectivity index (χ1n) is 7.16. The van der Waals surface area contributed by atoms with Crippen molar-refractivity contribution < 1.29 is 0 Å². The van der Waals surface area contributed by atoms with Crippen LogP contribution in [0.2, 0.25) is 0 Å². The molecule has 0 aliphatic rings. The molecule has 0 aromatic heterocycles. The number of aryl methyl sites for hydroxylation is 1. The van der Waals surface area contributed by atoms with Crippen LogP contribution in [-0.4, -0.2) is 0 Å². The fourth-order valence-electron chi connectivity index (χ4n) is 2.70. The lowest BCUT2D eigenvalue weighted by atomic mass is 9.99. The van der Waals surface area contributed by atoms with Gasteiger partial charge < -0.3 is 5.32 Å². The molecule has 0 saturated carbocycles. The lowest BCUT2D eigenvalue weighted by Crippen LogP contribution is -2.07. The molecule has 3 aromatic rings. The second-order valence-electron chi connectivity index (χ2n) is 5.37. The first-order chi connectivity index (χ1) is 10.2. The third kappa shape index (κ3) is 2.81. The summed E-state index contributed by atoms with van der Waals surface area (Å²) in [6.45, 7) is 4.31. The van der Waals surface area contributed by atoms with Gasteiger partial charge >= 0.3 is 0 Å². The van der Waals surface area contributed by atoms with Gasteiger partial charge in [0.2, 0.25) is 0 Å². The van der Waals surface area contributed by atoms with Gasteiger partial charge in [-0.1, -0.05) is 54.6 Å².